The van der Waals surface area contributed by atoms with Gasteiger partial charge in [-0.3, -0.25) is 4.55 Å². The molecule has 62 valence electrons. The molecule has 0 aliphatic rings. The first-order chi connectivity index (χ1) is 5.02. The van der Waals surface area contributed by atoms with Gasteiger partial charge in [0, 0.05) is 0 Å². The van der Waals surface area contributed by atoms with E-state index in [-0.39, 0.29) is 62.7 Å². The van der Waals surface area contributed by atoms with Crippen molar-refractivity contribution in [3.05, 3.63) is 29.3 Å². The van der Waals surface area contributed by atoms with Crippen LogP contribution in [0.2, 0.25) is 5.02 Å². The van der Waals surface area contributed by atoms with Gasteiger partial charge in [0.2, 0.25) is 0 Å². The summed E-state index contributed by atoms with van der Waals surface area (Å²) in [5.74, 6) is 0. The minimum Gasteiger partial charge on any atom is -1.00 e. The van der Waals surface area contributed by atoms with Gasteiger partial charge in [0.15, 0.2) is 0 Å². The number of rotatable bonds is 1. The van der Waals surface area contributed by atoms with E-state index in [9.17, 15) is 8.42 Å². The third kappa shape index (κ3) is 3.43. The normalized spacial score (nSPS) is 10.5. The Hall–Kier alpha value is 1.06. The van der Waals surface area contributed by atoms with Gasteiger partial charge < -0.3 is 1.43 Å². The van der Waals surface area contributed by atoms with Crippen molar-refractivity contribution in [3.8, 4) is 0 Å². The molecule has 0 aliphatic heterocycles. The number of hydrogen-bond donors (Lipinski definition) is 1. The molecule has 0 aliphatic carbocycles. The Morgan fingerprint density at radius 1 is 1.33 bits per heavy atom. The van der Waals surface area contributed by atoms with Crippen LogP contribution in [0, 0.1) is 0 Å². The van der Waals surface area contributed by atoms with Crippen LogP contribution >= 0.6 is 11.6 Å². The van der Waals surface area contributed by atoms with Gasteiger partial charge >= 0.3 is 51.4 Å². The average molecular weight is 233 g/mol. The molecule has 1 N–H and O–H groups in total. The summed E-state index contributed by atoms with van der Waals surface area (Å²) in [5, 5.41) is 0.0231. The Morgan fingerprint density at radius 3 is 2.17 bits per heavy atom. The SMILES string of the molecule is O=S(=O)(O)c1ccccc1Cl.[H-].[K+]. The summed E-state index contributed by atoms with van der Waals surface area (Å²) < 4.78 is 29.6. The Morgan fingerprint density at radius 2 is 1.83 bits per heavy atom. The third-order valence-electron chi connectivity index (χ3n) is 1.11. The van der Waals surface area contributed by atoms with Gasteiger partial charge in [0.25, 0.3) is 10.1 Å². The van der Waals surface area contributed by atoms with Gasteiger partial charge in [-0.05, 0) is 12.1 Å². The molecule has 0 unspecified atom stereocenters. The zero-order chi connectivity index (χ0) is 8.48. The fourth-order valence-electron chi connectivity index (χ4n) is 0.654. The minimum absolute atomic E-state index is 0. The van der Waals surface area contributed by atoms with Gasteiger partial charge in [-0.25, -0.2) is 0 Å². The van der Waals surface area contributed by atoms with Crippen molar-refractivity contribution >= 4 is 21.7 Å². The molecule has 0 heterocycles. The van der Waals surface area contributed by atoms with Crippen LogP contribution in [0.5, 0.6) is 0 Å². The molecule has 0 fully saturated rings. The molecule has 0 amide bonds. The van der Waals surface area contributed by atoms with E-state index in [0.29, 0.717) is 0 Å². The molecule has 12 heavy (non-hydrogen) atoms. The second kappa shape index (κ2) is 5.07. The first-order valence-corrected chi connectivity index (χ1v) is 4.55. The fourth-order valence-corrected chi connectivity index (χ4v) is 1.65. The summed E-state index contributed by atoms with van der Waals surface area (Å²) in [4.78, 5) is -0.262. The molecule has 0 atom stereocenters. The van der Waals surface area contributed by atoms with Gasteiger partial charge in [-0.15, -0.1) is 0 Å². The van der Waals surface area contributed by atoms with Crippen molar-refractivity contribution < 1.29 is 65.8 Å². The van der Waals surface area contributed by atoms with Gasteiger partial charge in [-0.1, -0.05) is 23.7 Å². The molecule has 0 saturated carbocycles. The van der Waals surface area contributed by atoms with Crippen LogP contribution in [-0.2, 0) is 10.1 Å². The predicted molar refractivity (Wildman–Crippen MR) is 42.4 cm³/mol. The van der Waals surface area contributed by atoms with Gasteiger partial charge in [0.1, 0.15) is 4.90 Å². The molecule has 3 nitrogen and oxygen atoms in total. The van der Waals surface area contributed by atoms with E-state index in [1.165, 1.54) is 18.2 Å². The second-order valence-electron chi connectivity index (χ2n) is 1.91. The molecule has 1 aromatic carbocycles. The first-order valence-electron chi connectivity index (χ1n) is 2.74. The van der Waals surface area contributed by atoms with E-state index in [0.717, 1.165) is 0 Å². The second-order valence-corrected chi connectivity index (χ2v) is 3.70. The van der Waals surface area contributed by atoms with Crippen LogP contribution in [0.4, 0.5) is 0 Å². The molecule has 0 aromatic heterocycles. The first kappa shape index (κ1) is 13.1. The maximum atomic E-state index is 10.5. The van der Waals surface area contributed by atoms with E-state index < -0.39 is 10.1 Å². The number of benzene rings is 1. The maximum Gasteiger partial charge on any atom is 1.00 e. The summed E-state index contributed by atoms with van der Waals surface area (Å²) in [6, 6.07) is 5.69. The zero-order valence-electron chi connectivity index (χ0n) is 7.36. The molecule has 1 aromatic rings. The van der Waals surface area contributed by atoms with Crippen LogP contribution in [-0.4, -0.2) is 13.0 Å². The molecule has 0 radical (unpaired) electrons. The smallest absolute Gasteiger partial charge is 1.00 e. The van der Waals surface area contributed by atoms with Crippen molar-refractivity contribution in [2.24, 2.45) is 0 Å². The molecule has 0 saturated heterocycles. The largest absolute Gasteiger partial charge is 1.00 e. The van der Waals surface area contributed by atoms with Crippen molar-refractivity contribution in [2.75, 3.05) is 0 Å². The fraction of sp³-hybridized carbons (Fsp3) is 0. The molecule has 6 heteroatoms. The summed E-state index contributed by atoms with van der Waals surface area (Å²) in [6.45, 7) is 0. The van der Waals surface area contributed by atoms with Crippen LogP contribution in [0.15, 0.2) is 29.2 Å². The van der Waals surface area contributed by atoms with Crippen LogP contribution in [0.1, 0.15) is 1.43 Å². The Kier molecular flexibility index (Phi) is 5.51. The molecular formula is C6H6ClKO3S. The monoisotopic (exact) mass is 232 g/mol. The van der Waals surface area contributed by atoms with Crippen molar-refractivity contribution in [1.82, 2.24) is 0 Å². The quantitative estimate of drug-likeness (QED) is 0.484. The van der Waals surface area contributed by atoms with E-state index in [4.69, 9.17) is 16.2 Å². The van der Waals surface area contributed by atoms with Crippen molar-refractivity contribution in [2.45, 2.75) is 4.90 Å². The molecule has 0 spiro atoms. The number of halogens is 1. The molecular weight excluding hydrogens is 227 g/mol. The summed E-state index contributed by atoms with van der Waals surface area (Å²) in [5.41, 5.74) is 0. The third-order valence-corrected chi connectivity index (χ3v) is 2.47. The Balaban J connectivity index is 0. The van der Waals surface area contributed by atoms with E-state index in [1.54, 1.807) is 6.07 Å². The summed E-state index contributed by atoms with van der Waals surface area (Å²) in [6.07, 6.45) is 0. The van der Waals surface area contributed by atoms with E-state index in [2.05, 4.69) is 0 Å². The van der Waals surface area contributed by atoms with Crippen LogP contribution < -0.4 is 51.4 Å². The topological polar surface area (TPSA) is 54.4 Å². The average Bonchev–Trinajstić information content (AvgIpc) is 1.86. The van der Waals surface area contributed by atoms with Crippen molar-refractivity contribution in [1.29, 1.82) is 0 Å². The Labute approximate surface area is 120 Å². The summed E-state index contributed by atoms with van der Waals surface area (Å²) >= 11 is 5.47. The van der Waals surface area contributed by atoms with Crippen LogP contribution in [0.3, 0.4) is 0 Å². The maximum absolute atomic E-state index is 10.5. The molecule has 1 rings (SSSR count). The summed E-state index contributed by atoms with van der Waals surface area (Å²) in [7, 11) is -4.17. The van der Waals surface area contributed by atoms with E-state index in [1.807, 2.05) is 0 Å². The Bertz CT molecular complexity index is 368. The molecule has 0 bridgehead atoms. The van der Waals surface area contributed by atoms with Gasteiger partial charge in [-0.2, -0.15) is 8.42 Å². The van der Waals surface area contributed by atoms with Crippen molar-refractivity contribution in [3.63, 3.8) is 0 Å². The van der Waals surface area contributed by atoms with E-state index >= 15 is 0 Å². The predicted octanol–water partition coefficient (Wildman–Crippen LogP) is -1.30. The number of hydrogen-bond acceptors (Lipinski definition) is 2. The van der Waals surface area contributed by atoms with Gasteiger partial charge in [0.05, 0.1) is 5.02 Å². The standard InChI is InChI=1S/C6H5ClO3S.K.H/c7-5-3-1-2-4-6(5)11(8,9)10;;/h1-4H,(H,8,9,10);;/q;+1;-1. The zero-order valence-corrected chi connectivity index (χ0v) is 11.1. The van der Waals surface area contributed by atoms with Crippen LogP contribution in [0.25, 0.3) is 0 Å². The minimum atomic E-state index is -4.17.